The van der Waals surface area contributed by atoms with Crippen molar-refractivity contribution in [2.45, 2.75) is 6.18 Å². The maximum atomic E-state index is 12.7. The first-order valence-electron chi connectivity index (χ1n) is 8.11. The Morgan fingerprint density at radius 2 is 1.71 bits per heavy atom. The summed E-state index contributed by atoms with van der Waals surface area (Å²) < 4.78 is 43.3. The van der Waals surface area contributed by atoms with Gasteiger partial charge in [0.25, 0.3) is 0 Å². The highest BCUT2D eigenvalue weighted by atomic mass is 19.4. The first kappa shape index (κ1) is 19.2. The lowest BCUT2D eigenvalue weighted by Crippen LogP contribution is -2.04. The number of alkyl halides is 3. The van der Waals surface area contributed by atoms with Gasteiger partial charge in [0.2, 0.25) is 11.8 Å². The van der Waals surface area contributed by atoms with Gasteiger partial charge in [0.15, 0.2) is 11.5 Å². The summed E-state index contributed by atoms with van der Waals surface area (Å²) in [6, 6.07) is 13.8. The summed E-state index contributed by atoms with van der Waals surface area (Å²) in [6.45, 7) is 0. The zero-order chi connectivity index (χ0) is 20.1. The van der Waals surface area contributed by atoms with E-state index in [0.29, 0.717) is 11.4 Å². The molecule has 0 aliphatic carbocycles. The van der Waals surface area contributed by atoms with E-state index in [0.717, 1.165) is 17.8 Å². The molecule has 0 aliphatic rings. The number of aliphatic imine (C=N–C) groups is 1. The van der Waals surface area contributed by atoms with Crippen LogP contribution in [0, 0.1) is 0 Å². The van der Waals surface area contributed by atoms with E-state index < -0.39 is 11.7 Å². The van der Waals surface area contributed by atoms with Crippen molar-refractivity contribution in [3.63, 3.8) is 0 Å². The van der Waals surface area contributed by atoms with Crippen molar-refractivity contribution < 1.29 is 17.9 Å². The molecule has 0 saturated heterocycles. The number of rotatable bonds is 5. The number of nitrogens with one attached hydrogen (secondary N) is 1. The Morgan fingerprint density at radius 3 is 2.32 bits per heavy atom. The number of ether oxygens (including phenoxy) is 1. The Labute approximate surface area is 158 Å². The van der Waals surface area contributed by atoms with Crippen LogP contribution in [-0.2, 0) is 6.18 Å². The fourth-order valence-electron chi connectivity index (χ4n) is 2.35. The monoisotopic (exact) mass is 387 g/mol. The number of benzene rings is 2. The summed E-state index contributed by atoms with van der Waals surface area (Å²) in [5, 5.41) is 3.08. The van der Waals surface area contributed by atoms with Gasteiger partial charge in [0.05, 0.1) is 12.7 Å². The van der Waals surface area contributed by atoms with E-state index in [1.165, 1.54) is 25.5 Å². The van der Waals surface area contributed by atoms with Crippen LogP contribution in [0.5, 0.6) is 5.88 Å². The average Bonchev–Trinajstić information content (AvgIpc) is 2.67. The summed E-state index contributed by atoms with van der Waals surface area (Å²) in [6.07, 6.45) is -3.00. The van der Waals surface area contributed by atoms with Gasteiger partial charge in [-0.05, 0) is 29.8 Å². The second-order valence-corrected chi connectivity index (χ2v) is 5.66. The number of halogens is 3. The smallest absolute Gasteiger partial charge is 0.416 e. The number of hydrogen-bond donors (Lipinski definition) is 2. The van der Waals surface area contributed by atoms with E-state index in [9.17, 15) is 13.2 Å². The molecule has 1 heterocycles. The third-order valence-corrected chi connectivity index (χ3v) is 3.68. The normalized spacial score (nSPS) is 11.6. The molecule has 0 fully saturated rings. The highest BCUT2D eigenvalue weighted by Crippen LogP contribution is 2.35. The van der Waals surface area contributed by atoms with Gasteiger partial charge in [-0.15, -0.1) is 0 Å². The topological polar surface area (TPSA) is 85.4 Å². The molecule has 0 amide bonds. The third-order valence-electron chi connectivity index (χ3n) is 3.68. The molecule has 3 N–H and O–H groups in total. The molecule has 2 aromatic carbocycles. The molecule has 0 radical (unpaired) electrons. The van der Waals surface area contributed by atoms with Crippen LogP contribution in [0.3, 0.4) is 0 Å². The van der Waals surface area contributed by atoms with Crippen LogP contribution < -0.4 is 15.8 Å². The number of aromatic nitrogens is 2. The van der Waals surface area contributed by atoms with E-state index in [4.69, 9.17) is 10.5 Å². The second kappa shape index (κ2) is 7.95. The maximum Gasteiger partial charge on any atom is 0.416 e. The van der Waals surface area contributed by atoms with Gasteiger partial charge in [0, 0.05) is 11.9 Å². The van der Waals surface area contributed by atoms with Crippen LogP contribution in [0.25, 0.3) is 0 Å². The van der Waals surface area contributed by atoms with E-state index >= 15 is 0 Å². The molecule has 0 atom stereocenters. The highest BCUT2D eigenvalue weighted by Gasteiger charge is 2.29. The van der Waals surface area contributed by atoms with E-state index in [2.05, 4.69) is 20.3 Å². The van der Waals surface area contributed by atoms with Gasteiger partial charge in [-0.25, -0.2) is 4.99 Å². The van der Waals surface area contributed by atoms with Crippen molar-refractivity contribution in [2.24, 2.45) is 4.99 Å². The number of nitrogen functional groups attached to an aromatic ring is 1. The van der Waals surface area contributed by atoms with Crippen molar-refractivity contribution >= 4 is 29.4 Å². The molecule has 0 unspecified atom stereocenters. The predicted molar refractivity (Wildman–Crippen MR) is 101 cm³/mol. The highest BCUT2D eigenvalue weighted by molar-refractivity contribution is 5.85. The molecular weight excluding hydrogens is 371 g/mol. The van der Waals surface area contributed by atoms with Crippen molar-refractivity contribution in [3.05, 3.63) is 65.7 Å². The molecule has 3 aromatic rings. The van der Waals surface area contributed by atoms with Crippen LogP contribution in [-0.4, -0.2) is 23.3 Å². The van der Waals surface area contributed by atoms with Crippen LogP contribution in [0.15, 0.2) is 59.6 Å². The largest absolute Gasteiger partial charge is 0.479 e. The lowest BCUT2D eigenvalue weighted by Gasteiger charge is -2.11. The summed E-state index contributed by atoms with van der Waals surface area (Å²) in [5.41, 5.74) is 6.47. The van der Waals surface area contributed by atoms with Gasteiger partial charge in [-0.1, -0.05) is 30.3 Å². The average molecular weight is 387 g/mol. The number of nitrogens with two attached hydrogens (primary N) is 1. The lowest BCUT2D eigenvalue weighted by atomic mass is 10.1. The van der Waals surface area contributed by atoms with Gasteiger partial charge >= 0.3 is 6.18 Å². The minimum absolute atomic E-state index is 0.0104. The van der Waals surface area contributed by atoms with Crippen LogP contribution in [0.2, 0.25) is 0 Å². The molecular formula is C19H16F3N5O. The predicted octanol–water partition coefficient (Wildman–Crippen LogP) is 4.58. The Hall–Kier alpha value is -3.62. The molecule has 0 saturated carbocycles. The van der Waals surface area contributed by atoms with Crippen LogP contribution in [0.1, 0.15) is 11.1 Å². The fraction of sp³-hybridized carbons (Fsp3) is 0.105. The van der Waals surface area contributed by atoms with Crippen LogP contribution >= 0.6 is 0 Å². The van der Waals surface area contributed by atoms with Gasteiger partial charge < -0.3 is 15.8 Å². The quantitative estimate of drug-likeness (QED) is 0.626. The minimum atomic E-state index is -4.39. The van der Waals surface area contributed by atoms with Gasteiger partial charge in [0.1, 0.15) is 0 Å². The summed E-state index contributed by atoms with van der Waals surface area (Å²) in [7, 11) is 1.41. The van der Waals surface area contributed by atoms with E-state index in [-0.39, 0.29) is 17.5 Å². The standard InChI is InChI=1S/C19H16F3N5O/c1-28-17-15(24-11-12-7-9-13(10-8-12)19(20,21)22)16(26-18(23)27-17)25-14-5-3-2-4-6-14/h2-11H,1H3,(H3,23,25,26,27). The maximum absolute atomic E-state index is 12.7. The lowest BCUT2D eigenvalue weighted by molar-refractivity contribution is -0.137. The summed E-state index contributed by atoms with van der Waals surface area (Å²) in [5.74, 6) is 0.427. The Kier molecular flexibility index (Phi) is 5.44. The summed E-state index contributed by atoms with van der Waals surface area (Å²) in [4.78, 5) is 12.4. The second-order valence-electron chi connectivity index (χ2n) is 5.66. The van der Waals surface area contributed by atoms with Crippen molar-refractivity contribution in [2.75, 3.05) is 18.2 Å². The van der Waals surface area contributed by atoms with E-state index in [1.807, 2.05) is 30.3 Å². The van der Waals surface area contributed by atoms with Crippen molar-refractivity contribution in [1.82, 2.24) is 9.97 Å². The first-order valence-corrected chi connectivity index (χ1v) is 8.11. The SMILES string of the molecule is COc1nc(N)nc(Nc2ccccc2)c1N=Cc1ccc(C(F)(F)F)cc1. The Bertz CT molecular complexity index is 973. The first-order chi connectivity index (χ1) is 13.4. The minimum Gasteiger partial charge on any atom is -0.479 e. The molecule has 0 aliphatic heterocycles. The third kappa shape index (κ3) is 4.56. The summed E-state index contributed by atoms with van der Waals surface area (Å²) >= 11 is 0. The van der Waals surface area contributed by atoms with Gasteiger partial charge in [-0.2, -0.15) is 23.1 Å². The molecule has 28 heavy (non-hydrogen) atoms. The number of nitrogens with zero attached hydrogens (tertiary/aromatic N) is 3. The molecule has 9 heteroatoms. The number of anilines is 3. The molecule has 0 bridgehead atoms. The van der Waals surface area contributed by atoms with Crippen LogP contribution in [0.4, 0.5) is 36.3 Å². The van der Waals surface area contributed by atoms with Crippen molar-refractivity contribution in [1.29, 1.82) is 0 Å². The zero-order valence-electron chi connectivity index (χ0n) is 14.7. The number of hydrogen-bond acceptors (Lipinski definition) is 6. The van der Waals surface area contributed by atoms with Gasteiger partial charge in [-0.3, -0.25) is 0 Å². The molecule has 3 rings (SSSR count). The number of methoxy groups -OCH3 is 1. The Morgan fingerprint density at radius 1 is 1.04 bits per heavy atom. The number of para-hydroxylation sites is 1. The fourth-order valence-corrected chi connectivity index (χ4v) is 2.35. The Balaban J connectivity index is 1.94. The van der Waals surface area contributed by atoms with Crippen molar-refractivity contribution in [3.8, 4) is 5.88 Å². The van der Waals surface area contributed by atoms with E-state index in [1.54, 1.807) is 0 Å². The zero-order valence-corrected chi connectivity index (χ0v) is 14.7. The molecule has 1 aromatic heterocycles. The molecule has 144 valence electrons. The molecule has 0 spiro atoms. The molecule has 6 nitrogen and oxygen atoms in total.